The monoisotopic (exact) mass is 232 g/mol. The molecule has 0 aliphatic carbocycles. The molecule has 1 aromatic carbocycles. The summed E-state index contributed by atoms with van der Waals surface area (Å²) in [5.41, 5.74) is 2.98. The Morgan fingerprint density at radius 2 is 2.06 bits per heavy atom. The Kier molecular flexibility index (Phi) is 3.60. The van der Waals surface area contributed by atoms with E-state index >= 15 is 0 Å². The molecule has 1 heterocycles. The number of benzene rings is 1. The van der Waals surface area contributed by atoms with Crippen molar-refractivity contribution in [1.82, 2.24) is 0 Å². The van der Waals surface area contributed by atoms with Crippen LogP contribution < -0.4 is 10.2 Å². The highest BCUT2D eigenvalue weighted by Gasteiger charge is 2.26. The van der Waals surface area contributed by atoms with E-state index in [1.54, 1.807) is 0 Å². The lowest BCUT2D eigenvalue weighted by Gasteiger charge is -2.31. The molecule has 2 heteroatoms. The van der Waals surface area contributed by atoms with E-state index in [1.165, 1.54) is 30.8 Å². The van der Waals surface area contributed by atoms with Crippen molar-refractivity contribution in [3.05, 3.63) is 24.3 Å². The van der Waals surface area contributed by atoms with Crippen LogP contribution in [0.15, 0.2) is 24.3 Å². The SMILES string of the molecule is CCCCN1CC(C)(C)CNc2ccccc21. The normalized spacial score (nSPS) is 18.2. The number of para-hydroxylation sites is 2. The fraction of sp³-hybridized carbons (Fsp3) is 0.600. The van der Waals surface area contributed by atoms with Crippen molar-refractivity contribution in [2.24, 2.45) is 5.41 Å². The van der Waals surface area contributed by atoms with E-state index in [2.05, 4.69) is 55.3 Å². The molecule has 94 valence electrons. The van der Waals surface area contributed by atoms with Gasteiger partial charge in [-0.05, 0) is 24.0 Å². The Morgan fingerprint density at radius 3 is 2.82 bits per heavy atom. The minimum Gasteiger partial charge on any atom is -0.383 e. The minimum absolute atomic E-state index is 0.326. The number of nitrogens with zero attached hydrogens (tertiary/aromatic N) is 1. The standard InChI is InChI=1S/C15H24N2/c1-4-5-10-17-12-15(2,3)11-16-13-8-6-7-9-14(13)17/h6-9,16H,4-5,10-12H2,1-3H3. The highest BCUT2D eigenvalue weighted by Crippen LogP contribution is 2.33. The predicted molar refractivity (Wildman–Crippen MR) is 75.8 cm³/mol. The zero-order chi connectivity index (χ0) is 12.3. The second-order valence-electron chi connectivity index (χ2n) is 5.81. The van der Waals surface area contributed by atoms with Crippen LogP contribution in [0.4, 0.5) is 11.4 Å². The fourth-order valence-electron chi connectivity index (χ4n) is 2.44. The molecular weight excluding hydrogens is 208 g/mol. The Bertz CT molecular complexity index is 371. The first-order valence-corrected chi connectivity index (χ1v) is 6.70. The quantitative estimate of drug-likeness (QED) is 0.854. The van der Waals surface area contributed by atoms with Gasteiger partial charge >= 0.3 is 0 Å². The molecule has 2 rings (SSSR count). The van der Waals surface area contributed by atoms with Crippen molar-refractivity contribution in [2.75, 3.05) is 29.9 Å². The zero-order valence-corrected chi connectivity index (χ0v) is 11.3. The second kappa shape index (κ2) is 4.99. The van der Waals surface area contributed by atoms with E-state index in [0.717, 1.165) is 13.1 Å². The van der Waals surface area contributed by atoms with Crippen LogP contribution in [-0.4, -0.2) is 19.6 Å². The summed E-state index contributed by atoms with van der Waals surface area (Å²) in [5, 5.41) is 3.58. The van der Waals surface area contributed by atoms with Gasteiger partial charge in [0.15, 0.2) is 0 Å². The molecule has 1 N–H and O–H groups in total. The molecule has 0 aromatic heterocycles. The van der Waals surface area contributed by atoms with Crippen LogP contribution >= 0.6 is 0 Å². The van der Waals surface area contributed by atoms with Gasteiger partial charge in [0, 0.05) is 19.6 Å². The van der Waals surface area contributed by atoms with Gasteiger partial charge < -0.3 is 10.2 Å². The van der Waals surface area contributed by atoms with Crippen molar-refractivity contribution in [3.63, 3.8) is 0 Å². The first-order chi connectivity index (χ1) is 8.12. The number of hydrogen-bond donors (Lipinski definition) is 1. The van der Waals surface area contributed by atoms with Crippen LogP contribution in [0.5, 0.6) is 0 Å². The smallest absolute Gasteiger partial charge is 0.0602 e. The van der Waals surface area contributed by atoms with Gasteiger partial charge in [0.25, 0.3) is 0 Å². The van der Waals surface area contributed by atoms with Gasteiger partial charge in [0.1, 0.15) is 0 Å². The van der Waals surface area contributed by atoms with Crippen molar-refractivity contribution in [1.29, 1.82) is 0 Å². The average Bonchev–Trinajstić information content (AvgIpc) is 2.44. The van der Waals surface area contributed by atoms with Crippen LogP contribution in [0, 0.1) is 5.41 Å². The highest BCUT2D eigenvalue weighted by atomic mass is 15.2. The summed E-state index contributed by atoms with van der Waals surface area (Å²) >= 11 is 0. The third-order valence-electron chi connectivity index (χ3n) is 3.40. The number of nitrogens with one attached hydrogen (secondary N) is 1. The molecule has 0 radical (unpaired) electrons. The van der Waals surface area contributed by atoms with Gasteiger partial charge in [-0.2, -0.15) is 0 Å². The topological polar surface area (TPSA) is 15.3 Å². The van der Waals surface area contributed by atoms with Gasteiger partial charge in [-0.3, -0.25) is 0 Å². The third kappa shape index (κ3) is 2.93. The molecule has 0 atom stereocenters. The van der Waals surface area contributed by atoms with Gasteiger partial charge in [-0.15, -0.1) is 0 Å². The molecule has 0 bridgehead atoms. The summed E-state index contributed by atoms with van der Waals surface area (Å²) in [4.78, 5) is 2.54. The highest BCUT2D eigenvalue weighted by molar-refractivity contribution is 5.71. The Hall–Kier alpha value is -1.18. The second-order valence-corrected chi connectivity index (χ2v) is 5.81. The molecule has 1 aliphatic heterocycles. The lowest BCUT2D eigenvalue weighted by molar-refractivity contribution is 0.394. The molecule has 0 amide bonds. The zero-order valence-electron chi connectivity index (χ0n) is 11.3. The minimum atomic E-state index is 0.326. The summed E-state index contributed by atoms with van der Waals surface area (Å²) in [5.74, 6) is 0. The van der Waals surface area contributed by atoms with E-state index in [0.29, 0.717) is 5.41 Å². The largest absolute Gasteiger partial charge is 0.383 e. The summed E-state index contributed by atoms with van der Waals surface area (Å²) in [7, 11) is 0. The molecule has 0 fully saturated rings. The van der Waals surface area contributed by atoms with Crippen LogP contribution in [0.3, 0.4) is 0 Å². The van der Waals surface area contributed by atoms with E-state index in [9.17, 15) is 0 Å². The molecule has 17 heavy (non-hydrogen) atoms. The number of fused-ring (bicyclic) bond motifs is 1. The number of unbranched alkanes of at least 4 members (excludes halogenated alkanes) is 1. The van der Waals surface area contributed by atoms with E-state index < -0.39 is 0 Å². The lowest BCUT2D eigenvalue weighted by atomic mass is 9.93. The third-order valence-corrected chi connectivity index (χ3v) is 3.40. The summed E-state index contributed by atoms with van der Waals surface area (Å²) in [6.45, 7) is 10.3. The van der Waals surface area contributed by atoms with E-state index in [4.69, 9.17) is 0 Å². The number of anilines is 2. The fourth-order valence-corrected chi connectivity index (χ4v) is 2.44. The van der Waals surface area contributed by atoms with E-state index in [1.807, 2.05) is 0 Å². The van der Waals surface area contributed by atoms with Crippen molar-refractivity contribution >= 4 is 11.4 Å². The van der Waals surface area contributed by atoms with Crippen LogP contribution in [0.1, 0.15) is 33.6 Å². The van der Waals surface area contributed by atoms with Gasteiger partial charge in [0.2, 0.25) is 0 Å². The Balaban J connectivity index is 2.26. The average molecular weight is 232 g/mol. The predicted octanol–water partition coefficient (Wildman–Crippen LogP) is 3.74. The van der Waals surface area contributed by atoms with Gasteiger partial charge in [-0.25, -0.2) is 0 Å². The van der Waals surface area contributed by atoms with Crippen molar-refractivity contribution < 1.29 is 0 Å². The molecule has 0 saturated heterocycles. The maximum atomic E-state index is 3.58. The molecule has 0 unspecified atom stereocenters. The van der Waals surface area contributed by atoms with Crippen molar-refractivity contribution in [3.8, 4) is 0 Å². The first-order valence-electron chi connectivity index (χ1n) is 6.70. The molecule has 1 aromatic rings. The summed E-state index contributed by atoms with van der Waals surface area (Å²) < 4.78 is 0. The molecular formula is C15H24N2. The molecule has 1 aliphatic rings. The summed E-state index contributed by atoms with van der Waals surface area (Å²) in [6, 6.07) is 8.68. The molecule has 0 saturated carbocycles. The summed E-state index contributed by atoms with van der Waals surface area (Å²) in [6.07, 6.45) is 2.52. The maximum Gasteiger partial charge on any atom is 0.0602 e. The van der Waals surface area contributed by atoms with Gasteiger partial charge in [0.05, 0.1) is 11.4 Å². The first kappa shape index (κ1) is 12.3. The number of rotatable bonds is 3. The van der Waals surface area contributed by atoms with Crippen molar-refractivity contribution in [2.45, 2.75) is 33.6 Å². The number of hydrogen-bond acceptors (Lipinski definition) is 2. The van der Waals surface area contributed by atoms with Crippen LogP contribution in [0.2, 0.25) is 0 Å². The Morgan fingerprint density at radius 1 is 1.29 bits per heavy atom. The maximum absolute atomic E-state index is 3.58. The molecule has 2 nitrogen and oxygen atoms in total. The van der Waals surface area contributed by atoms with Crippen LogP contribution in [0.25, 0.3) is 0 Å². The van der Waals surface area contributed by atoms with Crippen LogP contribution in [-0.2, 0) is 0 Å². The van der Waals surface area contributed by atoms with E-state index in [-0.39, 0.29) is 0 Å². The lowest BCUT2D eigenvalue weighted by Crippen LogP contribution is -2.36. The molecule has 0 spiro atoms. The van der Waals surface area contributed by atoms with Gasteiger partial charge in [-0.1, -0.05) is 39.3 Å². The Labute approximate surface area is 105 Å².